The highest BCUT2D eigenvalue weighted by atomic mass is 35.5. The van der Waals surface area contributed by atoms with Crippen molar-refractivity contribution in [2.75, 3.05) is 10.2 Å². The van der Waals surface area contributed by atoms with Gasteiger partial charge in [0.2, 0.25) is 11.8 Å². The zero-order valence-electron chi connectivity index (χ0n) is 15.6. The lowest BCUT2D eigenvalue weighted by Crippen LogP contribution is -2.30. The molecule has 2 aliphatic rings. The van der Waals surface area contributed by atoms with Crippen LogP contribution in [-0.4, -0.2) is 17.7 Å². The van der Waals surface area contributed by atoms with Crippen LogP contribution >= 0.6 is 11.6 Å². The summed E-state index contributed by atoms with van der Waals surface area (Å²) in [6.45, 7) is 1.89. The SMILES string of the molecule is Cc1ccc(Cl)cc1NC(=O)c1ccc(N2C(=O)[C@H]3CCCC[C@H]3C2=O)cc1. The van der Waals surface area contributed by atoms with Crippen molar-refractivity contribution >= 4 is 40.7 Å². The number of amides is 3. The molecule has 0 aromatic heterocycles. The van der Waals surface area contributed by atoms with Crippen LogP contribution in [0.3, 0.4) is 0 Å². The van der Waals surface area contributed by atoms with E-state index >= 15 is 0 Å². The van der Waals surface area contributed by atoms with Gasteiger partial charge in [0.05, 0.1) is 17.5 Å². The topological polar surface area (TPSA) is 66.5 Å². The molecule has 2 fully saturated rings. The van der Waals surface area contributed by atoms with Crippen molar-refractivity contribution in [3.63, 3.8) is 0 Å². The van der Waals surface area contributed by atoms with Gasteiger partial charge in [-0.15, -0.1) is 0 Å². The molecule has 2 aromatic rings. The van der Waals surface area contributed by atoms with E-state index in [1.54, 1.807) is 36.4 Å². The van der Waals surface area contributed by atoms with E-state index in [0.717, 1.165) is 31.2 Å². The van der Waals surface area contributed by atoms with Crippen LogP contribution in [-0.2, 0) is 9.59 Å². The molecule has 2 atom stereocenters. The van der Waals surface area contributed by atoms with Crippen LogP contribution in [0.1, 0.15) is 41.6 Å². The number of benzene rings is 2. The lowest BCUT2D eigenvalue weighted by atomic mass is 9.81. The van der Waals surface area contributed by atoms with Gasteiger partial charge in [0.15, 0.2) is 0 Å². The molecule has 2 aromatic carbocycles. The summed E-state index contributed by atoms with van der Waals surface area (Å²) < 4.78 is 0. The fraction of sp³-hybridized carbons (Fsp3) is 0.318. The van der Waals surface area contributed by atoms with Crippen LogP contribution < -0.4 is 10.2 Å². The standard InChI is InChI=1S/C22H21ClN2O3/c1-13-6-9-15(23)12-19(13)24-20(26)14-7-10-16(11-8-14)25-21(27)17-4-2-3-5-18(17)22(25)28/h6-12,17-18H,2-5H2,1H3,(H,24,26)/t17-,18+. The molecule has 0 radical (unpaired) electrons. The minimum absolute atomic E-state index is 0.110. The van der Waals surface area contributed by atoms with Gasteiger partial charge < -0.3 is 5.32 Å². The van der Waals surface area contributed by atoms with E-state index in [0.29, 0.717) is 22.0 Å². The molecular formula is C22H21ClN2O3. The monoisotopic (exact) mass is 396 g/mol. The molecule has 5 nitrogen and oxygen atoms in total. The fourth-order valence-corrected chi connectivity index (χ4v) is 4.27. The van der Waals surface area contributed by atoms with Crippen molar-refractivity contribution in [1.29, 1.82) is 0 Å². The fourth-order valence-electron chi connectivity index (χ4n) is 4.10. The second kappa shape index (κ2) is 7.40. The molecule has 0 bridgehead atoms. The average Bonchev–Trinajstić information content (AvgIpc) is 2.96. The first kappa shape index (κ1) is 18.7. The number of anilines is 2. The Bertz CT molecular complexity index is 931. The predicted octanol–water partition coefficient (Wildman–Crippen LogP) is 4.58. The molecule has 1 aliphatic carbocycles. The Kier molecular flexibility index (Phi) is 4.94. The third-order valence-corrected chi connectivity index (χ3v) is 5.91. The van der Waals surface area contributed by atoms with Gasteiger partial charge in [0.1, 0.15) is 0 Å². The molecular weight excluding hydrogens is 376 g/mol. The van der Waals surface area contributed by atoms with E-state index in [-0.39, 0.29) is 29.6 Å². The first-order chi connectivity index (χ1) is 13.5. The smallest absolute Gasteiger partial charge is 0.255 e. The van der Waals surface area contributed by atoms with Crippen molar-refractivity contribution in [1.82, 2.24) is 0 Å². The minimum atomic E-state index is -0.273. The summed E-state index contributed by atoms with van der Waals surface area (Å²) in [5.41, 5.74) is 2.53. The predicted molar refractivity (Wildman–Crippen MR) is 109 cm³/mol. The quantitative estimate of drug-likeness (QED) is 0.772. The number of fused-ring (bicyclic) bond motifs is 1. The molecule has 1 saturated carbocycles. The van der Waals surface area contributed by atoms with Crippen LogP contribution in [0, 0.1) is 18.8 Å². The largest absolute Gasteiger partial charge is 0.322 e. The molecule has 1 saturated heterocycles. The number of imide groups is 1. The van der Waals surface area contributed by atoms with E-state index in [9.17, 15) is 14.4 Å². The first-order valence-electron chi connectivity index (χ1n) is 9.51. The Morgan fingerprint density at radius 1 is 1.00 bits per heavy atom. The van der Waals surface area contributed by atoms with Crippen LogP contribution in [0.5, 0.6) is 0 Å². The minimum Gasteiger partial charge on any atom is -0.322 e. The number of halogens is 1. The van der Waals surface area contributed by atoms with Gasteiger partial charge in [0, 0.05) is 16.3 Å². The highest BCUT2D eigenvalue weighted by Crippen LogP contribution is 2.40. The third kappa shape index (κ3) is 3.31. The summed E-state index contributed by atoms with van der Waals surface area (Å²) in [5.74, 6) is -0.863. The highest BCUT2D eigenvalue weighted by Gasteiger charge is 2.48. The number of hydrogen-bond donors (Lipinski definition) is 1. The number of nitrogens with zero attached hydrogens (tertiary/aromatic N) is 1. The van der Waals surface area contributed by atoms with Gasteiger partial charge in [0.25, 0.3) is 5.91 Å². The number of nitrogens with one attached hydrogen (secondary N) is 1. The normalized spacial score (nSPS) is 21.6. The Morgan fingerprint density at radius 3 is 2.21 bits per heavy atom. The van der Waals surface area contributed by atoms with Crippen LogP contribution in [0.2, 0.25) is 5.02 Å². The summed E-state index contributed by atoms with van der Waals surface area (Å²) in [5, 5.41) is 3.39. The van der Waals surface area contributed by atoms with Crippen molar-refractivity contribution in [3.05, 3.63) is 58.6 Å². The van der Waals surface area contributed by atoms with Crippen LogP contribution in [0.15, 0.2) is 42.5 Å². The average molecular weight is 397 g/mol. The van der Waals surface area contributed by atoms with Gasteiger partial charge in [-0.3, -0.25) is 19.3 Å². The maximum absolute atomic E-state index is 12.7. The molecule has 0 unspecified atom stereocenters. The molecule has 144 valence electrons. The van der Waals surface area contributed by atoms with Gasteiger partial charge in [-0.05, 0) is 61.7 Å². The summed E-state index contributed by atoms with van der Waals surface area (Å²) in [4.78, 5) is 39.2. The molecule has 6 heteroatoms. The number of hydrogen-bond acceptors (Lipinski definition) is 3. The number of carbonyl (C=O) groups is 3. The maximum atomic E-state index is 12.7. The molecule has 3 amide bonds. The summed E-state index contributed by atoms with van der Waals surface area (Å²) in [6, 6.07) is 11.9. The third-order valence-electron chi connectivity index (χ3n) is 5.68. The molecule has 1 heterocycles. The zero-order valence-corrected chi connectivity index (χ0v) is 16.3. The Morgan fingerprint density at radius 2 is 1.61 bits per heavy atom. The van der Waals surface area contributed by atoms with Crippen LogP contribution in [0.25, 0.3) is 0 Å². The van der Waals surface area contributed by atoms with Gasteiger partial charge in [-0.2, -0.15) is 0 Å². The van der Waals surface area contributed by atoms with Gasteiger partial charge in [-0.1, -0.05) is 30.5 Å². The maximum Gasteiger partial charge on any atom is 0.255 e. The molecule has 0 spiro atoms. The zero-order chi connectivity index (χ0) is 19.8. The van der Waals surface area contributed by atoms with E-state index in [4.69, 9.17) is 11.6 Å². The number of carbonyl (C=O) groups excluding carboxylic acids is 3. The van der Waals surface area contributed by atoms with Crippen molar-refractivity contribution in [2.24, 2.45) is 11.8 Å². The van der Waals surface area contributed by atoms with E-state index < -0.39 is 0 Å². The molecule has 28 heavy (non-hydrogen) atoms. The Labute approximate surface area is 168 Å². The second-order valence-corrected chi connectivity index (χ2v) is 7.91. The van der Waals surface area contributed by atoms with Crippen molar-refractivity contribution in [2.45, 2.75) is 32.6 Å². The van der Waals surface area contributed by atoms with E-state index in [1.807, 2.05) is 13.0 Å². The van der Waals surface area contributed by atoms with E-state index in [1.165, 1.54) is 4.90 Å². The summed E-state index contributed by atoms with van der Waals surface area (Å²) in [7, 11) is 0. The van der Waals surface area contributed by atoms with Gasteiger partial charge in [-0.25, -0.2) is 0 Å². The lowest BCUT2D eigenvalue weighted by Gasteiger charge is -2.19. The van der Waals surface area contributed by atoms with Gasteiger partial charge >= 0.3 is 0 Å². The molecule has 1 aliphatic heterocycles. The van der Waals surface area contributed by atoms with E-state index in [2.05, 4.69) is 5.32 Å². The lowest BCUT2D eigenvalue weighted by molar-refractivity contribution is -0.122. The number of aryl methyl sites for hydroxylation is 1. The first-order valence-corrected chi connectivity index (χ1v) is 9.89. The van der Waals surface area contributed by atoms with Crippen LogP contribution in [0.4, 0.5) is 11.4 Å². The van der Waals surface area contributed by atoms with Crippen molar-refractivity contribution in [3.8, 4) is 0 Å². The highest BCUT2D eigenvalue weighted by molar-refractivity contribution is 6.31. The second-order valence-electron chi connectivity index (χ2n) is 7.47. The summed E-state index contributed by atoms with van der Waals surface area (Å²) >= 11 is 6.00. The molecule has 4 rings (SSSR count). The summed E-state index contributed by atoms with van der Waals surface area (Å²) in [6.07, 6.45) is 3.56. The Balaban J connectivity index is 1.52. The Hall–Kier alpha value is -2.66. The van der Waals surface area contributed by atoms with Crippen molar-refractivity contribution < 1.29 is 14.4 Å². The number of rotatable bonds is 3. The molecule has 1 N–H and O–H groups in total.